The number of nitrogens with two attached hydrogens (primary N) is 1. The Morgan fingerprint density at radius 3 is 2.19 bits per heavy atom. The Morgan fingerprint density at radius 1 is 1.10 bits per heavy atom. The number of hydrogen-bond donors (Lipinski definition) is 1. The summed E-state index contributed by atoms with van der Waals surface area (Å²) in [6, 6.07) is 0.00284. The van der Waals surface area contributed by atoms with Gasteiger partial charge in [0.1, 0.15) is 0 Å². The highest BCUT2D eigenvalue weighted by Crippen LogP contribution is 2.44. The maximum absolute atomic E-state index is 12.4. The third kappa shape index (κ3) is 4.98. The predicted molar refractivity (Wildman–Crippen MR) is 88.0 cm³/mol. The Kier molecular flexibility index (Phi) is 5.34. The van der Waals surface area contributed by atoms with Crippen LogP contribution in [0.15, 0.2) is 0 Å². The third-order valence-corrected chi connectivity index (χ3v) is 5.40. The lowest BCUT2D eigenvalue weighted by molar-refractivity contribution is -0.134. The summed E-state index contributed by atoms with van der Waals surface area (Å²) in [7, 11) is 0. The molecule has 1 unspecified atom stereocenters. The minimum absolute atomic E-state index is 0.00284. The van der Waals surface area contributed by atoms with Gasteiger partial charge < -0.3 is 10.6 Å². The number of hydrogen-bond acceptors (Lipinski definition) is 2. The summed E-state index contributed by atoms with van der Waals surface area (Å²) >= 11 is 0. The first kappa shape index (κ1) is 16.8. The van der Waals surface area contributed by atoms with E-state index in [0.29, 0.717) is 11.8 Å². The summed E-state index contributed by atoms with van der Waals surface area (Å²) in [5.74, 6) is 0.275. The molecule has 1 saturated carbocycles. The molecule has 0 radical (unpaired) electrons. The van der Waals surface area contributed by atoms with Gasteiger partial charge in [0.05, 0.1) is 0 Å². The van der Waals surface area contributed by atoms with Gasteiger partial charge in [-0.05, 0) is 42.9 Å². The minimum atomic E-state index is 0.00284. The number of amides is 1. The highest BCUT2D eigenvalue weighted by molar-refractivity contribution is 5.76. The molecular weight excluding hydrogens is 260 g/mol. The first-order chi connectivity index (χ1) is 9.80. The van der Waals surface area contributed by atoms with Gasteiger partial charge in [-0.3, -0.25) is 4.79 Å². The van der Waals surface area contributed by atoms with E-state index in [4.69, 9.17) is 5.73 Å². The first-order valence-electron chi connectivity index (χ1n) is 8.83. The van der Waals surface area contributed by atoms with Gasteiger partial charge in [-0.15, -0.1) is 0 Å². The molecule has 2 fully saturated rings. The highest BCUT2D eigenvalue weighted by atomic mass is 16.2. The molecule has 1 aliphatic heterocycles. The molecule has 2 N–H and O–H groups in total. The van der Waals surface area contributed by atoms with Crippen LogP contribution in [0, 0.1) is 10.8 Å². The second-order valence-corrected chi connectivity index (χ2v) is 8.67. The van der Waals surface area contributed by atoms with Crippen LogP contribution in [0.4, 0.5) is 0 Å². The van der Waals surface area contributed by atoms with Gasteiger partial charge >= 0.3 is 0 Å². The largest absolute Gasteiger partial charge is 0.343 e. The Labute approximate surface area is 130 Å². The molecule has 1 spiro atoms. The number of carbonyl (C=O) groups excluding carboxylic acids is 1. The van der Waals surface area contributed by atoms with Crippen molar-refractivity contribution in [2.75, 3.05) is 13.1 Å². The smallest absolute Gasteiger partial charge is 0.224 e. The fourth-order valence-electron chi connectivity index (χ4n) is 4.24. The van der Waals surface area contributed by atoms with E-state index >= 15 is 0 Å². The molecule has 0 bridgehead atoms. The molecule has 1 heterocycles. The van der Waals surface area contributed by atoms with Crippen LogP contribution in [0.2, 0.25) is 0 Å². The fourth-order valence-corrected chi connectivity index (χ4v) is 4.24. The van der Waals surface area contributed by atoms with E-state index in [1.54, 1.807) is 0 Å². The van der Waals surface area contributed by atoms with E-state index in [2.05, 4.69) is 25.7 Å². The molecule has 1 saturated heterocycles. The summed E-state index contributed by atoms with van der Waals surface area (Å²) in [5.41, 5.74) is 6.93. The average molecular weight is 294 g/mol. The van der Waals surface area contributed by atoms with E-state index < -0.39 is 0 Å². The van der Waals surface area contributed by atoms with Crippen molar-refractivity contribution < 1.29 is 4.79 Å². The molecule has 1 aliphatic carbocycles. The monoisotopic (exact) mass is 294 g/mol. The zero-order chi connectivity index (χ0) is 15.5. The summed E-state index contributed by atoms with van der Waals surface area (Å²) in [6.07, 6.45) is 10.8. The Bertz CT molecular complexity index is 343. The number of nitrogens with zero attached hydrogens (tertiary/aromatic N) is 1. The summed E-state index contributed by atoms with van der Waals surface area (Å²) in [5, 5.41) is 0. The standard InChI is InChI=1S/C18H34N2O/c1-17(2,3)14-15(19)13-16(21)20-11-9-18(10-12-20)7-5-4-6-8-18/h15H,4-14,19H2,1-3H3. The van der Waals surface area contributed by atoms with Crippen molar-refractivity contribution in [3.63, 3.8) is 0 Å². The third-order valence-electron chi connectivity index (χ3n) is 5.40. The lowest BCUT2D eigenvalue weighted by Gasteiger charge is -2.44. The van der Waals surface area contributed by atoms with Gasteiger partial charge in [-0.25, -0.2) is 0 Å². The maximum atomic E-state index is 12.4. The van der Waals surface area contributed by atoms with Crippen molar-refractivity contribution in [1.82, 2.24) is 4.90 Å². The van der Waals surface area contributed by atoms with E-state index in [1.165, 1.54) is 44.9 Å². The van der Waals surface area contributed by atoms with Crippen molar-refractivity contribution in [3.8, 4) is 0 Å². The molecule has 0 aromatic heterocycles. The molecular formula is C18H34N2O. The van der Waals surface area contributed by atoms with Crippen molar-refractivity contribution in [2.45, 2.75) is 84.6 Å². The SMILES string of the molecule is CC(C)(C)CC(N)CC(=O)N1CCC2(CCCCC2)CC1. The molecule has 0 aromatic carbocycles. The first-order valence-corrected chi connectivity index (χ1v) is 8.83. The van der Waals surface area contributed by atoms with Crippen molar-refractivity contribution in [1.29, 1.82) is 0 Å². The van der Waals surface area contributed by atoms with Crippen LogP contribution in [0.5, 0.6) is 0 Å². The van der Waals surface area contributed by atoms with Gasteiger partial charge in [0, 0.05) is 25.6 Å². The molecule has 2 rings (SSSR count). The van der Waals surface area contributed by atoms with Gasteiger partial charge in [0.25, 0.3) is 0 Å². The van der Waals surface area contributed by atoms with E-state index in [0.717, 1.165) is 19.5 Å². The van der Waals surface area contributed by atoms with Crippen LogP contribution in [0.25, 0.3) is 0 Å². The van der Waals surface area contributed by atoms with Crippen LogP contribution in [-0.4, -0.2) is 29.9 Å². The number of likely N-dealkylation sites (tertiary alicyclic amines) is 1. The normalized spacial score (nSPS) is 24.1. The van der Waals surface area contributed by atoms with Crippen LogP contribution >= 0.6 is 0 Å². The van der Waals surface area contributed by atoms with Crippen molar-refractivity contribution in [2.24, 2.45) is 16.6 Å². The zero-order valence-corrected chi connectivity index (χ0v) is 14.3. The van der Waals surface area contributed by atoms with Crippen molar-refractivity contribution >= 4 is 5.91 Å². The highest BCUT2D eigenvalue weighted by Gasteiger charge is 2.36. The van der Waals surface area contributed by atoms with E-state index in [-0.39, 0.29) is 17.4 Å². The van der Waals surface area contributed by atoms with Crippen LogP contribution in [0.1, 0.15) is 78.6 Å². The molecule has 122 valence electrons. The van der Waals surface area contributed by atoms with Crippen LogP contribution in [-0.2, 0) is 4.79 Å². The predicted octanol–water partition coefficient (Wildman–Crippen LogP) is 3.71. The topological polar surface area (TPSA) is 46.3 Å². The maximum Gasteiger partial charge on any atom is 0.224 e. The van der Waals surface area contributed by atoms with Gasteiger partial charge in [-0.2, -0.15) is 0 Å². The lowest BCUT2D eigenvalue weighted by atomic mass is 9.68. The Morgan fingerprint density at radius 2 is 1.67 bits per heavy atom. The van der Waals surface area contributed by atoms with Gasteiger partial charge in [0.15, 0.2) is 0 Å². The number of piperidine rings is 1. The Hall–Kier alpha value is -0.570. The number of carbonyl (C=O) groups is 1. The molecule has 0 aromatic rings. The average Bonchev–Trinajstić information content (AvgIpc) is 2.38. The Balaban J connectivity index is 1.77. The van der Waals surface area contributed by atoms with Crippen LogP contribution < -0.4 is 5.73 Å². The summed E-state index contributed by atoms with van der Waals surface area (Å²) in [4.78, 5) is 14.5. The minimum Gasteiger partial charge on any atom is -0.343 e. The van der Waals surface area contributed by atoms with Gasteiger partial charge in [0.2, 0.25) is 5.91 Å². The van der Waals surface area contributed by atoms with E-state index in [9.17, 15) is 4.79 Å². The zero-order valence-electron chi connectivity index (χ0n) is 14.3. The summed E-state index contributed by atoms with van der Waals surface area (Å²) in [6.45, 7) is 8.48. The second kappa shape index (κ2) is 6.68. The quantitative estimate of drug-likeness (QED) is 0.862. The fraction of sp³-hybridized carbons (Fsp3) is 0.944. The number of rotatable bonds is 3. The van der Waals surface area contributed by atoms with Gasteiger partial charge in [-0.1, -0.05) is 40.0 Å². The van der Waals surface area contributed by atoms with Crippen LogP contribution in [0.3, 0.4) is 0 Å². The molecule has 2 aliphatic rings. The second-order valence-electron chi connectivity index (χ2n) is 8.67. The molecule has 21 heavy (non-hydrogen) atoms. The molecule has 3 heteroatoms. The van der Waals surface area contributed by atoms with Crippen molar-refractivity contribution in [3.05, 3.63) is 0 Å². The van der Waals surface area contributed by atoms with E-state index in [1.807, 2.05) is 0 Å². The molecule has 3 nitrogen and oxygen atoms in total. The molecule has 1 amide bonds. The molecule has 1 atom stereocenters. The lowest BCUT2D eigenvalue weighted by Crippen LogP contribution is -2.45. The summed E-state index contributed by atoms with van der Waals surface area (Å²) < 4.78 is 0.